The minimum absolute atomic E-state index is 0.0262. The second-order valence-corrected chi connectivity index (χ2v) is 6.66. The van der Waals surface area contributed by atoms with Crippen molar-refractivity contribution >= 4 is 15.9 Å². The fraction of sp³-hybridized carbons (Fsp3) is 0.294. The Hall–Kier alpha value is -1.32. The van der Waals surface area contributed by atoms with Gasteiger partial charge in [-0.25, -0.2) is 0 Å². The van der Waals surface area contributed by atoms with Gasteiger partial charge in [-0.2, -0.15) is 0 Å². The number of hydrogen-bond acceptors (Lipinski definition) is 2. The number of rotatable bonds is 3. The standard InChI is InChI=1S/C17H19BrO2/c1-17(2,3)13-5-4-6-14(10-13)20-16-8-7-12(11-19)9-15(16)18/h4-10,19H,11H2,1-3H3. The van der Waals surface area contributed by atoms with Gasteiger partial charge in [-0.1, -0.05) is 39.0 Å². The molecular weight excluding hydrogens is 316 g/mol. The lowest BCUT2D eigenvalue weighted by Gasteiger charge is -2.20. The highest BCUT2D eigenvalue weighted by Crippen LogP contribution is 2.32. The highest BCUT2D eigenvalue weighted by Gasteiger charge is 2.14. The van der Waals surface area contributed by atoms with Crippen LogP contribution in [0.5, 0.6) is 11.5 Å². The van der Waals surface area contributed by atoms with Crippen LogP contribution >= 0.6 is 15.9 Å². The Balaban J connectivity index is 2.26. The molecule has 2 rings (SSSR count). The molecule has 0 radical (unpaired) electrons. The lowest BCUT2D eigenvalue weighted by Crippen LogP contribution is -2.10. The van der Waals surface area contributed by atoms with E-state index in [1.807, 2.05) is 30.3 Å². The quantitative estimate of drug-likeness (QED) is 0.852. The van der Waals surface area contributed by atoms with Crippen LogP contribution in [0.2, 0.25) is 0 Å². The predicted molar refractivity (Wildman–Crippen MR) is 85.3 cm³/mol. The predicted octanol–water partition coefficient (Wildman–Crippen LogP) is 5.03. The van der Waals surface area contributed by atoms with Gasteiger partial charge in [-0.15, -0.1) is 0 Å². The van der Waals surface area contributed by atoms with Gasteiger partial charge >= 0.3 is 0 Å². The SMILES string of the molecule is CC(C)(C)c1cccc(Oc2ccc(CO)cc2Br)c1. The molecule has 20 heavy (non-hydrogen) atoms. The molecule has 2 aromatic carbocycles. The van der Waals surface area contributed by atoms with E-state index in [2.05, 4.69) is 48.8 Å². The van der Waals surface area contributed by atoms with Crippen LogP contribution in [-0.4, -0.2) is 5.11 Å². The summed E-state index contributed by atoms with van der Waals surface area (Å²) >= 11 is 3.47. The van der Waals surface area contributed by atoms with Gasteiger partial charge in [-0.3, -0.25) is 0 Å². The van der Waals surface area contributed by atoms with Crippen molar-refractivity contribution in [2.75, 3.05) is 0 Å². The van der Waals surface area contributed by atoms with Gasteiger partial charge in [0.15, 0.2) is 0 Å². The molecule has 1 N–H and O–H groups in total. The van der Waals surface area contributed by atoms with Crippen molar-refractivity contribution in [3.8, 4) is 11.5 Å². The van der Waals surface area contributed by atoms with E-state index in [0.717, 1.165) is 21.5 Å². The van der Waals surface area contributed by atoms with Crippen LogP contribution in [0.15, 0.2) is 46.9 Å². The molecule has 0 atom stereocenters. The second kappa shape index (κ2) is 5.98. The summed E-state index contributed by atoms with van der Waals surface area (Å²) in [5.74, 6) is 1.56. The number of aliphatic hydroxyl groups excluding tert-OH is 1. The van der Waals surface area contributed by atoms with E-state index in [1.54, 1.807) is 0 Å². The molecule has 0 saturated carbocycles. The molecule has 0 fully saturated rings. The Kier molecular flexibility index (Phi) is 4.51. The van der Waals surface area contributed by atoms with Crippen molar-refractivity contribution in [1.29, 1.82) is 0 Å². The van der Waals surface area contributed by atoms with Crippen LogP contribution in [-0.2, 0) is 12.0 Å². The third kappa shape index (κ3) is 3.62. The van der Waals surface area contributed by atoms with Crippen molar-refractivity contribution in [1.82, 2.24) is 0 Å². The molecule has 0 spiro atoms. The molecule has 0 amide bonds. The first kappa shape index (κ1) is 15.1. The lowest BCUT2D eigenvalue weighted by atomic mass is 9.87. The molecule has 0 aliphatic rings. The Morgan fingerprint density at radius 3 is 2.45 bits per heavy atom. The first-order valence-electron chi connectivity index (χ1n) is 6.58. The summed E-state index contributed by atoms with van der Waals surface area (Å²) in [7, 11) is 0. The van der Waals surface area contributed by atoms with Crippen LogP contribution in [0.25, 0.3) is 0 Å². The van der Waals surface area contributed by atoms with Crippen LogP contribution in [0.3, 0.4) is 0 Å². The molecule has 0 aliphatic carbocycles. The molecule has 0 unspecified atom stereocenters. The maximum atomic E-state index is 9.11. The normalized spacial score (nSPS) is 11.4. The van der Waals surface area contributed by atoms with Crippen molar-refractivity contribution < 1.29 is 9.84 Å². The van der Waals surface area contributed by atoms with E-state index in [9.17, 15) is 0 Å². The number of aliphatic hydroxyl groups is 1. The van der Waals surface area contributed by atoms with E-state index < -0.39 is 0 Å². The van der Waals surface area contributed by atoms with Crippen molar-refractivity contribution in [3.05, 3.63) is 58.1 Å². The Morgan fingerprint density at radius 1 is 1.10 bits per heavy atom. The highest BCUT2D eigenvalue weighted by molar-refractivity contribution is 9.10. The lowest BCUT2D eigenvalue weighted by molar-refractivity contribution is 0.281. The van der Waals surface area contributed by atoms with Gasteiger partial charge < -0.3 is 9.84 Å². The monoisotopic (exact) mass is 334 g/mol. The molecule has 0 aliphatic heterocycles. The molecule has 106 valence electrons. The van der Waals surface area contributed by atoms with Gasteiger partial charge in [0.2, 0.25) is 0 Å². The minimum Gasteiger partial charge on any atom is -0.456 e. The summed E-state index contributed by atoms with van der Waals surface area (Å²) in [6.45, 7) is 6.56. The maximum absolute atomic E-state index is 9.11. The summed E-state index contributed by atoms with van der Waals surface area (Å²) in [5.41, 5.74) is 2.18. The van der Waals surface area contributed by atoms with E-state index in [0.29, 0.717) is 0 Å². The van der Waals surface area contributed by atoms with E-state index in [4.69, 9.17) is 9.84 Å². The first-order chi connectivity index (χ1) is 9.40. The van der Waals surface area contributed by atoms with Gasteiger partial charge in [0.05, 0.1) is 11.1 Å². The average molecular weight is 335 g/mol. The zero-order valence-electron chi connectivity index (χ0n) is 12.0. The molecule has 2 nitrogen and oxygen atoms in total. The van der Waals surface area contributed by atoms with E-state index in [-0.39, 0.29) is 12.0 Å². The molecule has 0 aromatic heterocycles. The molecule has 0 saturated heterocycles. The zero-order valence-corrected chi connectivity index (χ0v) is 13.6. The average Bonchev–Trinajstić information content (AvgIpc) is 2.40. The van der Waals surface area contributed by atoms with Crippen molar-refractivity contribution in [3.63, 3.8) is 0 Å². The number of ether oxygens (including phenoxy) is 1. The van der Waals surface area contributed by atoms with E-state index >= 15 is 0 Å². The van der Waals surface area contributed by atoms with Crippen LogP contribution in [0, 0.1) is 0 Å². The fourth-order valence-electron chi connectivity index (χ4n) is 1.88. The van der Waals surface area contributed by atoms with Crippen molar-refractivity contribution in [2.45, 2.75) is 32.8 Å². The number of hydrogen-bond donors (Lipinski definition) is 1. The fourth-order valence-corrected chi connectivity index (χ4v) is 2.39. The summed E-state index contributed by atoms with van der Waals surface area (Å²) in [5, 5.41) is 9.11. The number of halogens is 1. The minimum atomic E-state index is 0.0262. The maximum Gasteiger partial charge on any atom is 0.141 e. The largest absolute Gasteiger partial charge is 0.456 e. The molecular formula is C17H19BrO2. The molecule has 2 aromatic rings. The Morgan fingerprint density at radius 2 is 1.85 bits per heavy atom. The summed E-state index contributed by atoms with van der Waals surface area (Å²) in [6.07, 6.45) is 0. The second-order valence-electron chi connectivity index (χ2n) is 5.80. The zero-order chi connectivity index (χ0) is 14.8. The molecule has 0 bridgehead atoms. The smallest absolute Gasteiger partial charge is 0.141 e. The summed E-state index contributed by atoms with van der Waals surface area (Å²) in [4.78, 5) is 0. The Bertz CT molecular complexity index is 600. The van der Waals surface area contributed by atoms with Crippen molar-refractivity contribution in [2.24, 2.45) is 0 Å². The highest BCUT2D eigenvalue weighted by atomic mass is 79.9. The molecule has 3 heteroatoms. The van der Waals surface area contributed by atoms with Gasteiger partial charge in [0.1, 0.15) is 11.5 Å². The Labute approximate surface area is 128 Å². The van der Waals surface area contributed by atoms with E-state index in [1.165, 1.54) is 5.56 Å². The van der Waals surface area contributed by atoms with Gasteiger partial charge in [0, 0.05) is 0 Å². The topological polar surface area (TPSA) is 29.5 Å². The van der Waals surface area contributed by atoms with Crippen LogP contribution in [0.4, 0.5) is 0 Å². The van der Waals surface area contributed by atoms with Gasteiger partial charge in [0.25, 0.3) is 0 Å². The third-order valence-corrected chi connectivity index (χ3v) is 3.73. The van der Waals surface area contributed by atoms with Crippen LogP contribution in [0.1, 0.15) is 31.9 Å². The summed E-state index contributed by atoms with van der Waals surface area (Å²) in [6, 6.07) is 13.7. The molecule has 0 heterocycles. The summed E-state index contributed by atoms with van der Waals surface area (Å²) < 4.78 is 6.75. The van der Waals surface area contributed by atoms with Crippen LogP contribution < -0.4 is 4.74 Å². The number of benzene rings is 2. The van der Waals surface area contributed by atoms with Gasteiger partial charge in [-0.05, 0) is 56.7 Å². The first-order valence-corrected chi connectivity index (χ1v) is 7.37. The third-order valence-electron chi connectivity index (χ3n) is 3.11.